The van der Waals surface area contributed by atoms with Crippen LogP contribution in [0, 0.1) is 0 Å². The Kier molecular flexibility index (Phi) is 3.96. The molecule has 0 aromatic carbocycles. The Morgan fingerprint density at radius 1 is 1.27 bits per heavy atom. The number of fused-ring (bicyclic) bond motifs is 1. The van der Waals surface area contributed by atoms with Crippen LogP contribution in [0.2, 0.25) is 0 Å². The summed E-state index contributed by atoms with van der Waals surface area (Å²) in [4.78, 5) is 20.6. The summed E-state index contributed by atoms with van der Waals surface area (Å²) >= 11 is 0. The number of carbonyl (C=O) groups is 1. The number of carbonyl (C=O) groups excluding carboxylic acids is 1. The van der Waals surface area contributed by atoms with Crippen LogP contribution in [-0.4, -0.2) is 32.8 Å². The first-order chi connectivity index (χ1) is 12.6. The average Bonchev–Trinajstić information content (AvgIpc) is 3.30. The second-order valence-corrected chi connectivity index (χ2v) is 5.92. The predicted molar refractivity (Wildman–Crippen MR) is 94.6 cm³/mol. The largest absolute Gasteiger partial charge is 0.464 e. The molecule has 0 spiro atoms. The molecule has 4 heterocycles. The maximum atomic E-state index is 11.9. The van der Waals surface area contributed by atoms with E-state index in [-0.39, 0.29) is 5.69 Å². The molecule has 0 amide bonds. The van der Waals surface area contributed by atoms with E-state index in [0.717, 1.165) is 22.4 Å². The Bertz CT molecular complexity index is 1080. The number of hydrogen-bond donors (Lipinski definition) is 0. The highest BCUT2D eigenvalue weighted by atomic mass is 16.5. The fourth-order valence-corrected chi connectivity index (χ4v) is 2.84. The molecule has 0 radical (unpaired) electrons. The Morgan fingerprint density at radius 3 is 2.85 bits per heavy atom. The van der Waals surface area contributed by atoms with E-state index in [1.165, 1.54) is 7.11 Å². The molecule has 7 heteroatoms. The van der Waals surface area contributed by atoms with E-state index >= 15 is 0 Å². The van der Waals surface area contributed by atoms with Gasteiger partial charge in [0, 0.05) is 43.1 Å². The fraction of sp³-hybridized carbons (Fsp3) is 0.158. The zero-order valence-corrected chi connectivity index (χ0v) is 14.3. The molecule has 0 saturated carbocycles. The van der Waals surface area contributed by atoms with Gasteiger partial charge in [-0.2, -0.15) is 5.10 Å². The second-order valence-electron chi connectivity index (χ2n) is 5.92. The molecule has 26 heavy (non-hydrogen) atoms. The van der Waals surface area contributed by atoms with Crippen molar-refractivity contribution in [3.8, 4) is 11.3 Å². The molecule has 0 saturated heterocycles. The van der Waals surface area contributed by atoms with Crippen molar-refractivity contribution in [2.24, 2.45) is 7.05 Å². The Morgan fingerprint density at radius 2 is 2.15 bits per heavy atom. The van der Waals surface area contributed by atoms with Crippen LogP contribution in [0.4, 0.5) is 0 Å². The number of nitrogens with zero attached hydrogens (tertiary/aromatic N) is 4. The highest BCUT2D eigenvalue weighted by Gasteiger charge is 2.15. The lowest BCUT2D eigenvalue weighted by Gasteiger charge is -2.06. The van der Waals surface area contributed by atoms with E-state index < -0.39 is 5.97 Å². The molecule has 4 rings (SSSR count). The number of furan rings is 1. The van der Waals surface area contributed by atoms with Crippen LogP contribution in [0.1, 0.15) is 21.6 Å². The van der Waals surface area contributed by atoms with Gasteiger partial charge in [-0.05, 0) is 17.7 Å². The molecule has 0 aliphatic rings. The lowest BCUT2D eigenvalue weighted by molar-refractivity contribution is 0.0594. The molecule has 130 valence electrons. The Balaban J connectivity index is 1.66. The number of ether oxygens (including phenoxy) is 1. The number of pyridine rings is 2. The van der Waals surface area contributed by atoms with Crippen molar-refractivity contribution in [3.05, 3.63) is 65.9 Å². The summed E-state index contributed by atoms with van der Waals surface area (Å²) in [5.74, 6) is -0.473. The first-order valence-electron chi connectivity index (χ1n) is 8.03. The highest BCUT2D eigenvalue weighted by Crippen LogP contribution is 2.23. The minimum Gasteiger partial charge on any atom is -0.464 e. The van der Waals surface area contributed by atoms with Gasteiger partial charge in [-0.25, -0.2) is 9.78 Å². The van der Waals surface area contributed by atoms with Crippen LogP contribution in [0.15, 0.2) is 53.5 Å². The van der Waals surface area contributed by atoms with Gasteiger partial charge in [-0.1, -0.05) is 6.07 Å². The predicted octanol–water partition coefficient (Wildman–Crippen LogP) is 3.00. The van der Waals surface area contributed by atoms with Crippen LogP contribution in [0.5, 0.6) is 0 Å². The van der Waals surface area contributed by atoms with Crippen LogP contribution in [-0.2, 0) is 18.2 Å². The molecule has 7 nitrogen and oxygen atoms in total. The summed E-state index contributed by atoms with van der Waals surface area (Å²) in [6, 6.07) is 7.39. The van der Waals surface area contributed by atoms with Crippen molar-refractivity contribution >= 4 is 17.1 Å². The topological polar surface area (TPSA) is 83.0 Å². The third-order valence-corrected chi connectivity index (χ3v) is 4.10. The molecule has 0 N–H and O–H groups in total. The number of aromatic nitrogens is 4. The van der Waals surface area contributed by atoms with E-state index in [1.54, 1.807) is 29.3 Å². The molecular weight excluding hydrogens is 332 g/mol. The maximum Gasteiger partial charge on any atom is 0.356 e. The number of aryl methyl sites for hydroxylation is 1. The Hall–Kier alpha value is -3.48. The third kappa shape index (κ3) is 2.95. The van der Waals surface area contributed by atoms with Gasteiger partial charge in [0.05, 0.1) is 25.3 Å². The monoisotopic (exact) mass is 348 g/mol. The summed E-state index contributed by atoms with van der Waals surface area (Å²) in [6.07, 6.45) is 7.64. The van der Waals surface area contributed by atoms with Crippen LogP contribution in [0.25, 0.3) is 22.4 Å². The second kappa shape index (κ2) is 6.44. The van der Waals surface area contributed by atoms with Crippen molar-refractivity contribution in [2.75, 3.05) is 7.11 Å². The van der Waals surface area contributed by atoms with Crippen molar-refractivity contribution in [1.82, 2.24) is 19.7 Å². The Labute approximate surface area is 149 Å². The quantitative estimate of drug-likeness (QED) is 0.527. The summed E-state index contributed by atoms with van der Waals surface area (Å²) in [5.41, 5.74) is 5.22. The van der Waals surface area contributed by atoms with Gasteiger partial charge in [0.25, 0.3) is 0 Å². The maximum absolute atomic E-state index is 11.9. The molecule has 0 aliphatic heterocycles. The van der Waals surface area contributed by atoms with Gasteiger partial charge < -0.3 is 9.15 Å². The SMILES string of the molecule is COC(=O)c1cc(Cc2ccc(-c3cnn(C)c3)nc2)c2occc2n1. The summed E-state index contributed by atoms with van der Waals surface area (Å²) < 4.78 is 12.1. The van der Waals surface area contributed by atoms with Gasteiger partial charge in [0.15, 0.2) is 5.58 Å². The number of methoxy groups -OCH3 is 1. The fourth-order valence-electron chi connectivity index (χ4n) is 2.84. The van der Waals surface area contributed by atoms with Gasteiger partial charge in [-0.15, -0.1) is 0 Å². The smallest absolute Gasteiger partial charge is 0.356 e. The van der Waals surface area contributed by atoms with E-state index in [4.69, 9.17) is 9.15 Å². The first kappa shape index (κ1) is 16.0. The number of esters is 1. The zero-order chi connectivity index (χ0) is 18.1. The molecule has 0 atom stereocenters. The lowest BCUT2D eigenvalue weighted by Crippen LogP contribution is -2.05. The van der Waals surface area contributed by atoms with Gasteiger partial charge >= 0.3 is 5.97 Å². The van der Waals surface area contributed by atoms with Crippen LogP contribution < -0.4 is 0 Å². The van der Waals surface area contributed by atoms with Crippen LogP contribution >= 0.6 is 0 Å². The zero-order valence-electron chi connectivity index (χ0n) is 14.3. The van der Waals surface area contributed by atoms with E-state index in [2.05, 4.69) is 15.1 Å². The van der Waals surface area contributed by atoms with Gasteiger partial charge in [-0.3, -0.25) is 9.67 Å². The molecule has 0 unspecified atom stereocenters. The molecule has 4 aromatic heterocycles. The van der Waals surface area contributed by atoms with Crippen LogP contribution in [0.3, 0.4) is 0 Å². The van der Waals surface area contributed by atoms with E-state index in [1.807, 2.05) is 31.6 Å². The van der Waals surface area contributed by atoms with Gasteiger partial charge in [0.2, 0.25) is 0 Å². The molecule has 4 aromatic rings. The number of rotatable bonds is 4. The first-order valence-corrected chi connectivity index (χ1v) is 8.03. The van der Waals surface area contributed by atoms with Crippen molar-refractivity contribution < 1.29 is 13.9 Å². The molecule has 0 aliphatic carbocycles. The van der Waals surface area contributed by atoms with Crippen molar-refractivity contribution in [2.45, 2.75) is 6.42 Å². The summed E-state index contributed by atoms with van der Waals surface area (Å²) in [6.45, 7) is 0. The minimum absolute atomic E-state index is 0.260. The van der Waals surface area contributed by atoms with Gasteiger partial charge in [0.1, 0.15) is 11.2 Å². The molecular formula is C19H16N4O3. The normalized spacial score (nSPS) is 11.0. The standard InChI is InChI=1S/C19H16N4O3/c1-23-11-14(10-21-23)15-4-3-12(9-20-15)7-13-8-17(19(24)25-2)22-16-5-6-26-18(13)16/h3-6,8-11H,7H2,1-2H3. The van der Waals surface area contributed by atoms with Crippen molar-refractivity contribution in [3.63, 3.8) is 0 Å². The third-order valence-electron chi connectivity index (χ3n) is 4.10. The van der Waals surface area contributed by atoms with Crippen molar-refractivity contribution in [1.29, 1.82) is 0 Å². The number of hydrogen-bond acceptors (Lipinski definition) is 6. The van der Waals surface area contributed by atoms with E-state index in [9.17, 15) is 4.79 Å². The highest BCUT2D eigenvalue weighted by molar-refractivity contribution is 5.91. The summed E-state index contributed by atoms with van der Waals surface area (Å²) in [7, 11) is 3.21. The minimum atomic E-state index is -0.473. The summed E-state index contributed by atoms with van der Waals surface area (Å²) in [5, 5.41) is 4.16. The average molecular weight is 348 g/mol. The molecule has 0 bridgehead atoms. The van der Waals surface area contributed by atoms with E-state index in [0.29, 0.717) is 17.5 Å². The lowest BCUT2D eigenvalue weighted by atomic mass is 10.0. The molecule has 0 fully saturated rings.